The highest BCUT2D eigenvalue weighted by atomic mass is 32.1. The van der Waals surface area contributed by atoms with Gasteiger partial charge in [-0.1, -0.05) is 42.5 Å². The maximum atomic E-state index is 13.7. The molecule has 1 saturated heterocycles. The highest BCUT2D eigenvalue weighted by molar-refractivity contribution is 7.13. The predicted molar refractivity (Wildman–Crippen MR) is 119 cm³/mol. The zero-order valence-electron chi connectivity index (χ0n) is 17.1. The van der Waals surface area contributed by atoms with Gasteiger partial charge in [-0.2, -0.15) is 0 Å². The number of carboxylic acids is 1. The van der Waals surface area contributed by atoms with Crippen molar-refractivity contribution < 1.29 is 24.2 Å². The minimum Gasteiger partial charge on any atom is -0.478 e. The fourth-order valence-electron chi connectivity index (χ4n) is 3.69. The first-order valence-corrected chi connectivity index (χ1v) is 11.0. The van der Waals surface area contributed by atoms with Crippen molar-refractivity contribution in [2.45, 2.75) is 25.5 Å². The molecule has 2 amide bonds. The number of likely N-dealkylation sites (tertiary alicyclic amines) is 1. The van der Waals surface area contributed by atoms with Crippen molar-refractivity contribution in [3.8, 4) is 0 Å². The van der Waals surface area contributed by atoms with Gasteiger partial charge < -0.3 is 9.84 Å². The van der Waals surface area contributed by atoms with E-state index in [9.17, 15) is 19.5 Å². The summed E-state index contributed by atoms with van der Waals surface area (Å²) in [6, 6.07) is 14.8. The molecule has 32 heavy (non-hydrogen) atoms. The number of nitrogens with zero attached hydrogens (tertiary/aromatic N) is 3. The van der Waals surface area contributed by atoms with Gasteiger partial charge >= 0.3 is 12.1 Å². The third kappa shape index (κ3) is 4.47. The molecule has 164 valence electrons. The number of carbonyl (C=O) groups is 3. The van der Waals surface area contributed by atoms with Crippen LogP contribution in [-0.2, 0) is 16.1 Å². The zero-order valence-corrected chi connectivity index (χ0v) is 17.9. The molecule has 3 aromatic rings. The van der Waals surface area contributed by atoms with E-state index < -0.39 is 24.0 Å². The third-order valence-corrected chi connectivity index (χ3v) is 5.94. The molecule has 9 heteroatoms. The molecule has 1 N–H and O–H groups in total. The van der Waals surface area contributed by atoms with E-state index in [1.165, 1.54) is 27.2 Å². The number of ether oxygens (including phenoxy) is 1. The highest BCUT2D eigenvalue weighted by Crippen LogP contribution is 2.33. The Balaban J connectivity index is 1.59. The summed E-state index contributed by atoms with van der Waals surface area (Å²) in [5, 5.41) is 11.7. The van der Waals surface area contributed by atoms with E-state index in [0.717, 1.165) is 5.56 Å². The molecule has 2 aromatic carbocycles. The van der Waals surface area contributed by atoms with Gasteiger partial charge in [-0.05, 0) is 30.5 Å². The van der Waals surface area contributed by atoms with Crippen molar-refractivity contribution >= 4 is 40.1 Å². The number of anilines is 2. The Morgan fingerprint density at radius 2 is 1.88 bits per heavy atom. The monoisotopic (exact) mass is 451 g/mol. The van der Waals surface area contributed by atoms with E-state index >= 15 is 0 Å². The largest absolute Gasteiger partial charge is 0.478 e. The van der Waals surface area contributed by atoms with Gasteiger partial charge in [-0.15, -0.1) is 11.3 Å². The number of aromatic nitrogens is 1. The third-order valence-electron chi connectivity index (χ3n) is 5.18. The molecule has 1 aliphatic heterocycles. The molecule has 0 bridgehead atoms. The maximum absolute atomic E-state index is 13.7. The van der Waals surface area contributed by atoms with Crippen LogP contribution in [-0.4, -0.2) is 45.5 Å². The number of thiazole rings is 1. The summed E-state index contributed by atoms with van der Waals surface area (Å²) in [4.78, 5) is 45.2. The van der Waals surface area contributed by atoms with Crippen LogP contribution in [0.2, 0.25) is 0 Å². The topological polar surface area (TPSA) is 100 Å². The van der Waals surface area contributed by atoms with Gasteiger partial charge in [0.1, 0.15) is 12.6 Å². The van der Waals surface area contributed by atoms with Crippen LogP contribution in [0.25, 0.3) is 0 Å². The van der Waals surface area contributed by atoms with E-state index in [-0.39, 0.29) is 17.9 Å². The Morgan fingerprint density at radius 3 is 2.59 bits per heavy atom. The SMILES string of the molecule is O=C(O)c1ccccc1N(C(=O)C1CCCN1C(=O)OCc1ccccc1)c1nccs1. The molecular formula is C23H21N3O5S. The van der Waals surface area contributed by atoms with Crippen LogP contribution in [0.4, 0.5) is 15.6 Å². The Kier molecular flexibility index (Phi) is 6.46. The van der Waals surface area contributed by atoms with Crippen molar-refractivity contribution in [3.63, 3.8) is 0 Å². The normalized spacial score (nSPS) is 15.4. The lowest BCUT2D eigenvalue weighted by molar-refractivity contribution is -0.121. The fraction of sp³-hybridized carbons (Fsp3) is 0.217. The van der Waals surface area contributed by atoms with E-state index in [1.807, 2.05) is 30.3 Å². The van der Waals surface area contributed by atoms with E-state index in [0.29, 0.717) is 24.5 Å². The number of hydrogen-bond donors (Lipinski definition) is 1. The molecule has 1 unspecified atom stereocenters. The lowest BCUT2D eigenvalue weighted by Crippen LogP contribution is -2.47. The molecule has 0 radical (unpaired) electrons. The summed E-state index contributed by atoms with van der Waals surface area (Å²) in [6.45, 7) is 0.492. The first kappa shape index (κ1) is 21.5. The lowest BCUT2D eigenvalue weighted by atomic mass is 10.1. The van der Waals surface area contributed by atoms with E-state index in [2.05, 4.69) is 4.98 Å². The maximum Gasteiger partial charge on any atom is 0.410 e. The molecule has 0 aliphatic carbocycles. The van der Waals surface area contributed by atoms with E-state index in [1.54, 1.807) is 29.8 Å². The molecule has 0 spiro atoms. The van der Waals surface area contributed by atoms with Crippen LogP contribution < -0.4 is 4.90 Å². The second kappa shape index (κ2) is 9.61. The molecule has 2 heterocycles. The quantitative estimate of drug-likeness (QED) is 0.600. The predicted octanol–water partition coefficient (Wildman–Crippen LogP) is 4.31. The summed E-state index contributed by atoms with van der Waals surface area (Å²) in [5.74, 6) is -1.57. The average Bonchev–Trinajstić information content (AvgIpc) is 3.51. The number of carboxylic acid groups (broad SMARTS) is 1. The van der Waals surface area contributed by atoms with Crippen LogP contribution in [0, 0.1) is 0 Å². The molecule has 1 aromatic heterocycles. The fourth-order valence-corrected chi connectivity index (χ4v) is 4.34. The van der Waals surface area contributed by atoms with Gasteiger partial charge in [0.25, 0.3) is 5.91 Å². The number of para-hydroxylation sites is 1. The Bertz CT molecular complexity index is 1100. The van der Waals surface area contributed by atoms with Gasteiger partial charge in [-0.3, -0.25) is 14.6 Å². The highest BCUT2D eigenvalue weighted by Gasteiger charge is 2.40. The first-order valence-electron chi connectivity index (χ1n) is 10.1. The van der Waals surface area contributed by atoms with Gasteiger partial charge in [0.2, 0.25) is 0 Å². The molecular weight excluding hydrogens is 430 g/mol. The van der Waals surface area contributed by atoms with Crippen molar-refractivity contribution in [2.24, 2.45) is 0 Å². The van der Waals surface area contributed by atoms with Crippen LogP contribution in [0.3, 0.4) is 0 Å². The second-order valence-electron chi connectivity index (χ2n) is 7.20. The van der Waals surface area contributed by atoms with Gasteiger partial charge in [0, 0.05) is 18.1 Å². The molecule has 1 atom stereocenters. The Labute approximate surface area is 188 Å². The summed E-state index contributed by atoms with van der Waals surface area (Å²) in [6.07, 6.45) is 2.07. The number of rotatable bonds is 6. The lowest BCUT2D eigenvalue weighted by Gasteiger charge is -2.29. The average molecular weight is 452 g/mol. The number of amides is 2. The zero-order chi connectivity index (χ0) is 22.5. The Hall–Kier alpha value is -3.72. The first-order chi connectivity index (χ1) is 15.6. The van der Waals surface area contributed by atoms with Crippen LogP contribution in [0.15, 0.2) is 66.2 Å². The van der Waals surface area contributed by atoms with Gasteiger partial charge in [-0.25, -0.2) is 14.6 Å². The van der Waals surface area contributed by atoms with E-state index in [4.69, 9.17) is 4.74 Å². The van der Waals surface area contributed by atoms with Gasteiger partial charge in [0.15, 0.2) is 5.13 Å². The summed E-state index contributed by atoms with van der Waals surface area (Å²) < 4.78 is 5.44. The second-order valence-corrected chi connectivity index (χ2v) is 8.08. The van der Waals surface area contributed by atoms with Crippen LogP contribution in [0.5, 0.6) is 0 Å². The molecule has 4 rings (SSSR count). The Morgan fingerprint density at radius 1 is 1.12 bits per heavy atom. The summed E-state index contributed by atoms with van der Waals surface area (Å²) >= 11 is 1.22. The summed E-state index contributed by atoms with van der Waals surface area (Å²) in [7, 11) is 0. The molecule has 1 fully saturated rings. The number of carbonyl (C=O) groups excluding carboxylic acids is 2. The minimum absolute atomic E-state index is 0.0211. The minimum atomic E-state index is -1.15. The van der Waals surface area contributed by atoms with Crippen molar-refractivity contribution in [2.75, 3.05) is 11.4 Å². The smallest absolute Gasteiger partial charge is 0.410 e. The number of aromatic carboxylic acids is 1. The van der Waals surface area contributed by atoms with Crippen LogP contribution >= 0.6 is 11.3 Å². The summed E-state index contributed by atoms with van der Waals surface area (Å²) in [5.41, 5.74) is 1.04. The number of hydrogen-bond acceptors (Lipinski definition) is 6. The van der Waals surface area contributed by atoms with Crippen molar-refractivity contribution in [1.29, 1.82) is 0 Å². The number of benzene rings is 2. The standard InChI is InChI=1S/C23H21N3O5S/c27-20(19-11-6-13-25(19)23(30)31-15-16-7-2-1-3-8-16)26(22-24-12-14-32-22)18-10-5-4-9-17(18)21(28)29/h1-5,7-10,12,14,19H,6,11,13,15H2,(H,28,29). The van der Waals surface area contributed by atoms with Gasteiger partial charge in [0.05, 0.1) is 11.3 Å². The molecule has 1 aliphatic rings. The van der Waals surface area contributed by atoms with Crippen molar-refractivity contribution in [3.05, 3.63) is 77.3 Å². The molecule has 0 saturated carbocycles. The van der Waals surface area contributed by atoms with Crippen molar-refractivity contribution in [1.82, 2.24) is 9.88 Å². The van der Waals surface area contributed by atoms with Crippen LogP contribution in [0.1, 0.15) is 28.8 Å². The molecule has 8 nitrogen and oxygen atoms in total.